The third kappa shape index (κ3) is 1.13. The van der Waals surface area contributed by atoms with E-state index in [1.165, 1.54) is 11.2 Å². The van der Waals surface area contributed by atoms with E-state index in [2.05, 4.69) is 9.97 Å². The first-order valence-electron chi connectivity index (χ1n) is 4.65. The largest absolute Gasteiger partial charge is 0.340 e. The summed E-state index contributed by atoms with van der Waals surface area (Å²) in [4.78, 5) is 31.0. The minimum Gasteiger partial charge on any atom is -0.340 e. The van der Waals surface area contributed by atoms with Crippen LogP contribution in [0.2, 0.25) is 0 Å². The van der Waals surface area contributed by atoms with Crippen LogP contribution < -0.4 is 0 Å². The lowest BCUT2D eigenvalue weighted by molar-refractivity contribution is 0.0647. The zero-order chi connectivity index (χ0) is 10.1. The maximum absolute atomic E-state index is 11.6. The highest BCUT2D eigenvalue weighted by Gasteiger charge is 2.37. The number of hydrogen-bond donors (Lipinski definition) is 1. The smallest absolute Gasteiger partial charge is 0.281 e. The van der Waals surface area contributed by atoms with Gasteiger partial charge in [-0.25, -0.2) is 4.98 Å². The third-order valence-corrected chi connectivity index (χ3v) is 2.28. The number of H-pyrrole nitrogens is 1. The second kappa shape index (κ2) is 3.25. The lowest BCUT2D eigenvalue weighted by Gasteiger charge is -2.11. The number of nitrogens with one attached hydrogen (secondary N) is 1. The van der Waals surface area contributed by atoms with Gasteiger partial charge in [-0.3, -0.25) is 14.5 Å². The minimum atomic E-state index is -0.278. The van der Waals surface area contributed by atoms with Gasteiger partial charge in [-0.05, 0) is 6.42 Å². The first-order chi connectivity index (χ1) is 6.75. The summed E-state index contributed by atoms with van der Waals surface area (Å²) in [5.41, 5.74) is 0.581. The molecule has 14 heavy (non-hydrogen) atoms. The zero-order valence-electron chi connectivity index (χ0n) is 7.91. The van der Waals surface area contributed by atoms with Crippen molar-refractivity contribution in [1.29, 1.82) is 0 Å². The Morgan fingerprint density at radius 1 is 1.43 bits per heavy atom. The Morgan fingerprint density at radius 2 is 2.21 bits per heavy atom. The van der Waals surface area contributed by atoms with Crippen LogP contribution in [0.1, 0.15) is 40.7 Å². The first-order valence-corrected chi connectivity index (χ1v) is 4.65. The van der Waals surface area contributed by atoms with E-state index >= 15 is 0 Å². The summed E-state index contributed by atoms with van der Waals surface area (Å²) >= 11 is 0. The van der Waals surface area contributed by atoms with Crippen molar-refractivity contribution in [3.05, 3.63) is 17.7 Å². The third-order valence-electron chi connectivity index (χ3n) is 2.28. The summed E-state index contributed by atoms with van der Waals surface area (Å²) < 4.78 is 0. The summed E-state index contributed by atoms with van der Waals surface area (Å²) in [6.07, 6.45) is 3.16. The number of imide groups is 1. The Morgan fingerprint density at radius 3 is 2.86 bits per heavy atom. The summed E-state index contributed by atoms with van der Waals surface area (Å²) in [7, 11) is 0. The number of carbonyl (C=O) groups excluding carboxylic acids is 2. The van der Waals surface area contributed by atoms with Gasteiger partial charge in [0.2, 0.25) is 0 Å². The van der Waals surface area contributed by atoms with Crippen molar-refractivity contribution < 1.29 is 9.59 Å². The fraction of sp³-hybridized carbons (Fsp3) is 0.444. The standard InChI is InChI=1S/C9H11N3O2/c1-2-3-4-12-8(13)6-7(9(12)14)11-5-10-6/h5H,2-4H2,1H3,(H,10,11). The van der Waals surface area contributed by atoms with Gasteiger partial charge in [0.25, 0.3) is 11.8 Å². The van der Waals surface area contributed by atoms with E-state index in [1.54, 1.807) is 0 Å². The van der Waals surface area contributed by atoms with Crippen LogP contribution in [0.5, 0.6) is 0 Å². The number of aromatic nitrogens is 2. The molecule has 74 valence electrons. The first kappa shape index (κ1) is 8.93. The average molecular weight is 193 g/mol. The molecule has 2 rings (SSSR count). The normalized spacial score (nSPS) is 15.1. The Hall–Kier alpha value is -1.65. The second-order valence-electron chi connectivity index (χ2n) is 3.24. The molecule has 1 N–H and O–H groups in total. The maximum atomic E-state index is 11.6. The quantitative estimate of drug-likeness (QED) is 0.722. The van der Waals surface area contributed by atoms with Crippen LogP contribution in [0.15, 0.2) is 6.33 Å². The molecular formula is C9H11N3O2. The van der Waals surface area contributed by atoms with E-state index in [-0.39, 0.29) is 17.5 Å². The van der Waals surface area contributed by atoms with Crippen LogP contribution in [0, 0.1) is 0 Å². The van der Waals surface area contributed by atoms with Gasteiger partial charge in [0.1, 0.15) is 5.69 Å². The van der Waals surface area contributed by atoms with Crippen molar-refractivity contribution in [1.82, 2.24) is 14.9 Å². The van der Waals surface area contributed by atoms with E-state index < -0.39 is 0 Å². The van der Waals surface area contributed by atoms with Crippen molar-refractivity contribution in [2.45, 2.75) is 19.8 Å². The lowest BCUT2D eigenvalue weighted by Crippen LogP contribution is -2.31. The summed E-state index contributed by atoms with van der Waals surface area (Å²) in [5, 5.41) is 0. The molecule has 0 fully saturated rings. The monoisotopic (exact) mass is 193 g/mol. The number of nitrogens with zero attached hydrogens (tertiary/aromatic N) is 2. The predicted molar refractivity (Wildman–Crippen MR) is 48.9 cm³/mol. The molecule has 1 aromatic rings. The highest BCUT2D eigenvalue weighted by atomic mass is 16.2. The van der Waals surface area contributed by atoms with Gasteiger partial charge in [-0.15, -0.1) is 0 Å². The van der Waals surface area contributed by atoms with Crippen molar-refractivity contribution in [2.24, 2.45) is 0 Å². The molecule has 1 aliphatic rings. The van der Waals surface area contributed by atoms with Gasteiger partial charge >= 0.3 is 0 Å². The molecule has 0 atom stereocenters. The fourth-order valence-corrected chi connectivity index (χ4v) is 1.49. The average Bonchev–Trinajstić information content (AvgIpc) is 2.72. The van der Waals surface area contributed by atoms with Crippen molar-refractivity contribution in [3.8, 4) is 0 Å². The van der Waals surface area contributed by atoms with Gasteiger partial charge < -0.3 is 4.98 Å². The molecule has 0 unspecified atom stereocenters. The molecule has 0 aromatic carbocycles. The molecule has 2 heterocycles. The predicted octanol–water partition coefficient (Wildman–Crippen LogP) is 0.806. The molecule has 1 aliphatic heterocycles. The topological polar surface area (TPSA) is 66.1 Å². The lowest BCUT2D eigenvalue weighted by atomic mass is 10.3. The Balaban J connectivity index is 2.22. The van der Waals surface area contributed by atoms with E-state index in [0.717, 1.165) is 12.8 Å². The molecule has 5 nitrogen and oxygen atoms in total. The number of unbranched alkanes of at least 4 members (excludes halogenated alkanes) is 1. The molecule has 5 heteroatoms. The van der Waals surface area contributed by atoms with Crippen LogP contribution in [0.3, 0.4) is 0 Å². The summed E-state index contributed by atoms with van der Waals surface area (Å²) in [5.74, 6) is -0.532. The van der Waals surface area contributed by atoms with Crippen LogP contribution in [0.4, 0.5) is 0 Å². The molecular weight excluding hydrogens is 182 g/mol. The van der Waals surface area contributed by atoms with E-state index in [1.807, 2.05) is 6.92 Å². The van der Waals surface area contributed by atoms with Crippen molar-refractivity contribution in [3.63, 3.8) is 0 Å². The number of hydrogen-bond acceptors (Lipinski definition) is 3. The van der Waals surface area contributed by atoms with Crippen LogP contribution >= 0.6 is 0 Å². The van der Waals surface area contributed by atoms with Gasteiger partial charge in [0, 0.05) is 6.54 Å². The number of aromatic amines is 1. The van der Waals surface area contributed by atoms with Crippen molar-refractivity contribution in [2.75, 3.05) is 6.54 Å². The number of amides is 2. The molecule has 0 saturated heterocycles. The Labute approximate surface area is 81.1 Å². The molecule has 2 amide bonds. The molecule has 0 spiro atoms. The number of imidazole rings is 1. The molecule has 0 radical (unpaired) electrons. The summed E-state index contributed by atoms with van der Waals surface area (Å²) in [6, 6.07) is 0. The van der Waals surface area contributed by atoms with Gasteiger partial charge in [-0.2, -0.15) is 0 Å². The van der Waals surface area contributed by atoms with Crippen molar-refractivity contribution >= 4 is 11.8 Å². The van der Waals surface area contributed by atoms with E-state index in [9.17, 15) is 9.59 Å². The van der Waals surface area contributed by atoms with E-state index in [4.69, 9.17) is 0 Å². The molecule has 0 saturated carbocycles. The number of carbonyl (C=O) groups is 2. The zero-order valence-corrected chi connectivity index (χ0v) is 7.91. The summed E-state index contributed by atoms with van der Waals surface area (Å²) in [6.45, 7) is 2.50. The van der Waals surface area contributed by atoms with Crippen LogP contribution in [-0.2, 0) is 0 Å². The Bertz CT molecular complexity index is 353. The second-order valence-corrected chi connectivity index (χ2v) is 3.24. The van der Waals surface area contributed by atoms with Gasteiger partial charge in [0.15, 0.2) is 5.69 Å². The minimum absolute atomic E-state index is 0.254. The van der Waals surface area contributed by atoms with Gasteiger partial charge in [-0.1, -0.05) is 13.3 Å². The SMILES string of the molecule is CCCCN1C(=O)c2nc[nH]c2C1=O. The fourth-order valence-electron chi connectivity index (χ4n) is 1.49. The van der Waals surface area contributed by atoms with Crippen LogP contribution in [-0.4, -0.2) is 33.2 Å². The van der Waals surface area contributed by atoms with Gasteiger partial charge in [0.05, 0.1) is 6.33 Å². The number of rotatable bonds is 3. The molecule has 0 bridgehead atoms. The molecule has 1 aromatic heterocycles. The molecule has 0 aliphatic carbocycles. The van der Waals surface area contributed by atoms with Crippen LogP contribution in [0.25, 0.3) is 0 Å². The highest BCUT2D eigenvalue weighted by Crippen LogP contribution is 2.19. The Kier molecular flexibility index (Phi) is 2.07. The maximum Gasteiger partial charge on any atom is 0.281 e. The highest BCUT2D eigenvalue weighted by molar-refractivity contribution is 6.19. The van der Waals surface area contributed by atoms with E-state index in [0.29, 0.717) is 12.2 Å². The number of fused-ring (bicyclic) bond motifs is 1.